The largest absolute Gasteiger partial charge is 0.486 e. The summed E-state index contributed by atoms with van der Waals surface area (Å²) in [4.78, 5) is 21.7. The van der Waals surface area contributed by atoms with Gasteiger partial charge in [-0.3, -0.25) is 0 Å². The summed E-state index contributed by atoms with van der Waals surface area (Å²) in [5.74, 6) is -0.108. The monoisotopic (exact) mass is 332 g/mol. The third-order valence-corrected chi connectivity index (χ3v) is 2.86. The van der Waals surface area contributed by atoms with Crippen LogP contribution in [0.25, 0.3) is 0 Å². The third kappa shape index (κ3) is 7.98. The lowest BCUT2D eigenvalue weighted by molar-refractivity contribution is -0.137. The summed E-state index contributed by atoms with van der Waals surface area (Å²) in [5.41, 5.74) is 0.744. The first-order valence-electron chi connectivity index (χ1n) is 7.23. The molecular weight excluding hydrogens is 308 g/mol. The van der Waals surface area contributed by atoms with Crippen LogP contribution in [0.5, 0.6) is 5.75 Å². The van der Waals surface area contributed by atoms with E-state index >= 15 is 0 Å². The minimum atomic E-state index is -0.446. The van der Waals surface area contributed by atoms with Gasteiger partial charge < -0.3 is 14.2 Å². The van der Waals surface area contributed by atoms with Crippen LogP contribution in [0.2, 0.25) is 0 Å². The van der Waals surface area contributed by atoms with Crippen LogP contribution >= 0.6 is 0 Å². The van der Waals surface area contributed by atoms with Crippen LogP contribution in [0.4, 0.5) is 0 Å². The summed E-state index contributed by atoms with van der Waals surface area (Å²) in [6, 6.07) is 9.26. The van der Waals surface area contributed by atoms with Gasteiger partial charge >= 0.3 is 11.9 Å². The Morgan fingerprint density at radius 1 is 1.08 bits per heavy atom. The Morgan fingerprint density at radius 3 is 2.08 bits per heavy atom. The molecule has 1 unspecified atom stereocenters. The molecule has 0 amide bonds. The van der Waals surface area contributed by atoms with Crippen molar-refractivity contribution in [1.29, 1.82) is 0 Å². The molecule has 1 aromatic rings. The van der Waals surface area contributed by atoms with Crippen LogP contribution in [-0.4, -0.2) is 32.3 Å². The Bertz CT molecular complexity index is 575. The highest BCUT2D eigenvalue weighted by Gasteiger charge is 2.16. The van der Waals surface area contributed by atoms with Crippen LogP contribution < -0.4 is 4.74 Å². The van der Waals surface area contributed by atoms with Gasteiger partial charge in [0.25, 0.3) is 0 Å². The van der Waals surface area contributed by atoms with Crippen molar-refractivity contribution >= 4 is 11.9 Å². The van der Waals surface area contributed by atoms with E-state index in [1.54, 1.807) is 13.0 Å². The number of hydrogen-bond donors (Lipinski definition) is 0. The molecule has 5 heteroatoms. The molecular formula is C19H24O5. The maximum absolute atomic E-state index is 11.1. The van der Waals surface area contributed by atoms with Crippen LogP contribution in [0.1, 0.15) is 13.3 Å². The van der Waals surface area contributed by atoms with E-state index in [4.69, 9.17) is 4.74 Å². The molecule has 0 aliphatic rings. The highest BCUT2D eigenvalue weighted by atomic mass is 16.5. The first-order valence-corrected chi connectivity index (χ1v) is 7.23. The molecule has 1 atom stereocenters. The average molecular weight is 332 g/mol. The van der Waals surface area contributed by atoms with Gasteiger partial charge in [0.1, 0.15) is 11.9 Å². The Kier molecular flexibility index (Phi) is 10.3. The quantitative estimate of drug-likeness (QED) is 0.435. The van der Waals surface area contributed by atoms with Crippen molar-refractivity contribution in [3.63, 3.8) is 0 Å². The zero-order valence-corrected chi connectivity index (χ0v) is 14.4. The summed E-state index contributed by atoms with van der Waals surface area (Å²) in [5, 5.41) is 0. The average Bonchev–Trinajstić information content (AvgIpc) is 2.61. The highest BCUT2D eigenvalue weighted by Crippen LogP contribution is 2.14. The molecule has 1 rings (SSSR count). The van der Waals surface area contributed by atoms with Crippen molar-refractivity contribution in [1.82, 2.24) is 0 Å². The molecule has 5 nitrogen and oxygen atoms in total. The van der Waals surface area contributed by atoms with Gasteiger partial charge in [-0.1, -0.05) is 37.4 Å². The topological polar surface area (TPSA) is 61.8 Å². The molecule has 0 spiro atoms. The van der Waals surface area contributed by atoms with Gasteiger partial charge in [0.2, 0.25) is 0 Å². The summed E-state index contributed by atoms with van der Waals surface area (Å²) in [6.07, 6.45) is 1.71. The summed E-state index contributed by atoms with van der Waals surface area (Å²) in [6.45, 7) is 12.3. The number of benzene rings is 1. The number of allylic oxidation sites excluding steroid dienone is 1. The first kappa shape index (κ1) is 21.2. The molecule has 130 valence electrons. The third-order valence-electron chi connectivity index (χ3n) is 2.86. The van der Waals surface area contributed by atoms with E-state index in [9.17, 15) is 9.59 Å². The zero-order valence-electron chi connectivity index (χ0n) is 14.4. The Morgan fingerprint density at radius 2 is 1.62 bits per heavy atom. The number of ether oxygens (including phenoxy) is 3. The van der Waals surface area contributed by atoms with E-state index in [-0.39, 0.29) is 12.1 Å². The number of para-hydroxylation sites is 1. The molecule has 0 saturated heterocycles. The van der Waals surface area contributed by atoms with E-state index in [0.717, 1.165) is 0 Å². The van der Waals surface area contributed by atoms with Crippen molar-refractivity contribution in [3.05, 3.63) is 67.3 Å². The van der Waals surface area contributed by atoms with Crippen LogP contribution in [-0.2, 0) is 19.1 Å². The fourth-order valence-electron chi connectivity index (χ4n) is 1.47. The Balaban J connectivity index is 0.000000506. The zero-order chi connectivity index (χ0) is 18.5. The standard InChI is InChI=1S/C12H14O3.C7H10O2/c1-9(12(13)14-3)10(2)15-11-7-5-4-6-8-11;1-4-5-6(2)7(8)9-3/h4-8,10H,1H2,2-3H3;4H,1-2,5H2,3H3. The molecule has 0 heterocycles. The number of carbonyl (C=O) groups is 2. The predicted molar refractivity (Wildman–Crippen MR) is 93.7 cm³/mol. The molecule has 0 aliphatic heterocycles. The fourth-order valence-corrected chi connectivity index (χ4v) is 1.47. The van der Waals surface area contributed by atoms with Crippen molar-refractivity contribution < 1.29 is 23.8 Å². The number of methoxy groups -OCH3 is 2. The SMILES string of the molecule is C=C(C(=O)OC)C(C)Oc1ccccc1.C=CCC(=C)C(=O)OC. The highest BCUT2D eigenvalue weighted by molar-refractivity contribution is 5.88. The lowest BCUT2D eigenvalue weighted by Gasteiger charge is -2.15. The van der Waals surface area contributed by atoms with E-state index in [1.807, 2.05) is 30.3 Å². The molecule has 1 aromatic carbocycles. The van der Waals surface area contributed by atoms with Crippen molar-refractivity contribution in [2.75, 3.05) is 14.2 Å². The summed E-state index contributed by atoms with van der Waals surface area (Å²) in [7, 11) is 2.65. The molecule has 0 radical (unpaired) electrons. The second kappa shape index (κ2) is 11.7. The van der Waals surface area contributed by atoms with Gasteiger partial charge in [-0.15, -0.1) is 6.58 Å². The second-order valence-electron chi connectivity index (χ2n) is 4.68. The smallest absolute Gasteiger partial charge is 0.336 e. The maximum atomic E-state index is 11.1. The molecule has 0 fully saturated rings. The lowest BCUT2D eigenvalue weighted by Crippen LogP contribution is -2.21. The van der Waals surface area contributed by atoms with Crippen molar-refractivity contribution in [3.8, 4) is 5.75 Å². The molecule has 0 aromatic heterocycles. The van der Waals surface area contributed by atoms with E-state index in [0.29, 0.717) is 23.3 Å². The first-order chi connectivity index (χ1) is 11.4. The number of rotatable bonds is 7. The van der Waals surface area contributed by atoms with Crippen molar-refractivity contribution in [2.45, 2.75) is 19.4 Å². The van der Waals surface area contributed by atoms with Gasteiger partial charge in [0, 0.05) is 5.57 Å². The molecule has 0 bridgehead atoms. The minimum absolute atomic E-state index is 0.307. The predicted octanol–water partition coefficient (Wildman–Crippen LogP) is 3.47. The van der Waals surface area contributed by atoms with E-state index in [1.165, 1.54) is 14.2 Å². The molecule has 24 heavy (non-hydrogen) atoms. The van der Waals surface area contributed by atoms with Gasteiger partial charge in [0.15, 0.2) is 0 Å². The van der Waals surface area contributed by atoms with Crippen LogP contribution in [0, 0.1) is 0 Å². The molecule has 0 saturated carbocycles. The Labute approximate surface area is 143 Å². The lowest BCUT2D eigenvalue weighted by atomic mass is 10.2. The van der Waals surface area contributed by atoms with Gasteiger partial charge in [0.05, 0.1) is 19.8 Å². The van der Waals surface area contributed by atoms with Gasteiger partial charge in [-0.2, -0.15) is 0 Å². The Hall–Kier alpha value is -2.82. The molecule has 0 N–H and O–H groups in total. The fraction of sp³-hybridized carbons (Fsp3) is 0.263. The molecule has 0 aliphatic carbocycles. The van der Waals surface area contributed by atoms with Crippen molar-refractivity contribution in [2.24, 2.45) is 0 Å². The number of hydrogen-bond acceptors (Lipinski definition) is 5. The number of carbonyl (C=O) groups excluding carboxylic acids is 2. The van der Waals surface area contributed by atoms with Gasteiger partial charge in [-0.05, 0) is 25.5 Å². The summed E-state index contributed by atoms with van der Waals surface area (Å²) < 4.78 is 14.4. The van der Waals surface area contributed by atoms with E-state index in [2.05, 4.69) is 29.2 Å². The van der Waals surface area contributed by atoms with E-state index < -0.39 is 5.97 Å². The minimum Gasteiger partial charge on any atom is -0.486 e. The maximum Gasteiger partial charge on any atom is 0.336 e. The number of esters is 2. The second-order valence-corrected chi connectivity index (χ2v) is 4.68. The normalized spacial score (nSPS) is 10.3. The van der Waals surface area contributed by atoms with Gasteiger partial charge in [-0.25, -0.2) is 9.59 Å². The van der Waals surface area contributed by atoms with Crippen LogP contribution in [0.15, 0.2) is 67.3 Å². The summed E-state index contributed by atoms with van der Waals surface area (Å²) >= 11 is 0. The van der Waals surface area contributed by atoms with Crippen LogP contribution in [0.3, 0.4) is 0 Å².